The molecule has 0 aliphatic carbocycles. The summed E-state index contributed by atoms with van der Waals surface area (Å²) in [6.07, 6.45) is 1.88. The van der Waals surface area contributed by atoms with Gasteiger partial charge in [0.05, 0.1) is 0 Å². The SMILES string of the molecule is Cc1cccc(C)c1-c1cc(Oc2[c-]c3c(cc2)c2ccccc2n3-c2cc(C(C)(C)C)ccn2)[c-]c(N2[CH-]N(c3c(-c4cc(F)cc(F)c4)cccc3-c3cc(C(C)C)cc(C(C)C)c3)c3ccccc32)c1.[Pt]. The second kappa shape index (κ2) is 19.8. The van der Waals surface area contributed by atoms with E-state index in [1.54, 1.807) is 0 Å². The van der Waals surface area contributed by atoms with Crippen molar-refractivity contribution < 1.29 is 34.6 Å². The van der Waals surface area contributed by atoms with Crippen LogP contribution in [0.15, 0.2) is 164 Å². The molecule has 0 saturated heterocycles. The van der Waals surface area contributed by atoms with E-state index in [0.29, 0.717) is 22.6 Å². The van der Waals surface area contributed by atoms with Crippen LogP contribution < -0.4 is 14.5 Å². The van der Waals surface area contributed by atoms with Gasteiger partial charge in [0.25, 0.3) is 0 Å². The average molecular weight is 1160 g/mol. The second-order valence-electron chi connectivity index (χ2n) is 21.0. The number of anilines is 4. The Balaban J connectivity index is 0.00000626. The van der Waals surface area contributed by atoms with Gasteiger partial charge in [0.15, 0.2) is 0 Å². The maximum absolute atomic E-state index is 15.3. The van der Waals surface area contributed by atoms with Gasteiger partial charge in [-0.1, -0.05) is 139 Å². The number of pyridine rings is 1. The standard InChI is InChI=1S/C66H57F2N4O.Pt/c1-40(2)44-28-45(41(3)4)30-46(29-44)55-19-15-20-56(47-31-50(67)36-51(68)32-47)65(55)71-39-70(60-22-12-13-23-61(60)71)52-33-48(64-42(5)16-14-17-43(64)6)34-54(37-52)73-53-24-25-58-57-18-10-11-21-59(57)72(62(58)38-53)63-35-49(26-27-69-63)66(7,8)9;/h10-36,39-41H,1-9H3;/q-3;. The molecular weight excluding hydrogens is 1100 g/mol. The number of nitrogens with zero attached hydrogens (tertiary/aromatic N) is 4. The van der Waals surface area contributed by atoms with Crippen molar-refractivity contribution in [2.24, 2.45) is 0 Å². The number of fused-ring (bicyclic) bond motifs is 4. The summed E-state index contributed by atoms with van der Waals surface area (Å²) in [5.41, 5.74) is 16.2. The van der Waals surface area contributed by atoms with Crippen molar-refractivity contribution in [2.45, 2.75) is 79.6 Å². The predicted octanol–water partition coefficient (Wildman–Crippen LogP) is 18.4. The van der Waals surface area contributed by atoms with Crippen molar-refractivity contribution >= 4 is 44.6 Å². The molecule has 0 saturated carbocycles. The Morgan fingerprint density at radius 1 is 0.581 bits per heavy atom. The molecule has 0 N–H and O–H groups in total. The average Bonchev–Trinajstić information content (AvgIpc) is 3.91. The number of hydrogen-bond acceptors (Lipinski definition) is 4. The summed E-state index contributed by atoms with van der Waals surface area (Å²) < 4.78 is 39.7. The van der Waals surface area contributed by atoms with E-state index in [4.69, 9.17) is 9.72 Å². The number of rotatable bonds is 10. The molecule has 1 aliphatic rings. The number of para-hydroxylation sites is 4. The van der Waals surface area contributed by atoms with Crippen LogP contribution >= 0.6 is 0 Å². The Morgan fingerprint density at radius 3 is 1.86 bits per heavy atom. The first-order valence-electron chi connectivity index (χ1n) is 25.1. The molecule has 8 heteroatoms. The molecule has 10 aromatic rings. The smallest absolute Gasteiger partial charge is 0.135 e. The summed E-state index contributed by atoms with van der Waals surface area (Å²) in [4.78, 5) is 9.19. The molecule has 0 spiro atoms. The van der Waals surface area contributed by atoms with E-state index in [0.717, 1.165) is 89.8 Å². The van der Waals surface area contributed by atoms with Gasteiger partial charge in [0, 0.05) is 78.5 Å². The van der Waals surface area contributed by atoms with Crippen LogP contribution in [0.2, 0.25) is 0 Å². The summed E-state index contributed by atoms with van der Waals surface area (Å²) in [6.45, 7) is 21.8. The fourth-order valence-electron chi connectivity index (χ4n) is 10.4. The van der Waals surface area contributed by atoms with Crippen LogP contribution in [0.3, 0.4) is 0 Å². The first-order valence-corrected chi connectivity index (χ1v) is 25.1. The number of ether oxygens (including phenoxy) is 1. The Hall–Kier alpha value is -7.34. The zero-order valence-electron chi connectivity index (χ0n) is 43.1. The zero-order valence-corrected chi connectivity index (χ0v) is 45.4. The Bertz CT molecular complexity index is 3710. The van der Waals surface area contributed by atoms with Crippen LogP contribution in [-0.4, -0.2) is 9.55 Å². The molecule has 3 heterocycles. The van der Waals surface area contributed by atoms with Gasteiger partial charge in [0.1, 0.15) is 17.5 Å². The molecular formula is C66H57F2N4OPt-3. The van der Waals surface area contributed by atoms with Crippen LogP contribution in [0.25, 0.3) is 61.0 Å². The van der Waals surface area contributed by atoms with E-state index in [-0.39, 0.29) is 38.3 Å². The minimum Gasteiger partial charge on any atom is -0.509 e. The maximum atomic E-state index is 15.3. The molecule has 0 unspecified atom stereocenters. The van der Waals surface area contributed by atoms with Gasteiger partial charge < -0.3 is 19.1 Å². The van der Waals surface area contributed by atoms with Gasteiger partial charge in [-0.05, 0) is 123 Å². The third-order valence-electron chi connectivity index (χ3n) is 14.2. The molecule has 0 bridgehead atoms. The van der Waals surface area contributed by atoms with Gasteiger partial charge in [-0.25, -0.2) is 13.8 Å². The largest absolute Gasteiger partial charge is 0.509 e. The van der Waals surface area contributed by atoms with E-state index < -0.39 is 11.6 Å². The molecule has 11 rings (SSSR count). The third kappa shape index (κ3) is 9.32. The van der Waals surface area contributed by atoms with Crippen molar-refractivity contribution in [3.05, 3.63) is 222 Å². The zero-order chi connectivity index (χ0) is 50.9. The van der Waals surface area contributed by atoms with Crippen LogP contribution in [0.4, 0.5) is 31.5 Å². The molecule has 1 aliphatic heterocycles. The monoisotopic (exact) mass is 1150 g/mol. The molecule has 2 aromatic heterocycles. The number of benzene rings is 8. The number of aryl methyl sites for hydroxylation is 2. The van der Waals surface area contributed by atoms with Gasteiger partial charge in [-0.15, -0.1) is 53.6 Å². The third-order valence-corrected chi connectivity index (χ3v) is 14.2. The Labute approximate surface area is 448 Å². The van der Waals surface area contributed by atoms with Gasteiger partial charge >= 0.3 is 0 Å². The Kier molecular flexibility index (Phi) is 13.5. The minimum atomic E-state index is -0.641. The molecule has 0 atom stereocenters. The van der Waals surface area contributed by atoms with E-state index in [9.17, 15) is 0 Å². The van der Waals surface area contributed by atoms with Crippen molar-refractivity contribution in [1.82, 2.24) is 9.55 Å². The van der Waals surface area contributed by atoms with E-state index >= 15 is 8.78 Å². The molecule has 0 amide bonds. The summed E-state index contributed by atoms with van der Waals surface area (Å²) >= 11 is 0. The van der Waals surface area contributed by atoms with Gasteiger partial charge in [0.2, 0.25) is 0 Å². The molecule has 8 aromatic carbocycles. The topological polar surface area (TPSA) is 33.5 Å². The summed E-state index contributed by atoms with van der Waals surface area (Å²) in [5.74, 6) is 1.12. The van der Waals surface area contributed by atoms with E-state index in [2.05, 4.69) is 205 Å². The van der Waals surface area contributed by atoms with E-state index in [1.165, 1.54) is 28.8 Å². The maximum Gasteiger partial charge on any atom is 0.135 e. The summed E-state index contributed by atoms with van der Waals surface area (Å²) in [6, 6.07) is 59.5. The summed E-state index contributed by atoms with van der Waals surface area (Å²) in [7, 11) is 0. The van der Waals surface area contributed by atoms with Gasteiger partial charge in [-0.2, -0.15) is 6.07 Å². The van der Waals surface area contributed by atoms with Crippen molar-refractivity contribution in [2.75, 3.05) is 9.80 Å². The fourth-order valence-corrected chi connectivity index (χ4v) is 10.4. The van der Waals surface area contributed by atoms with Crippen molar-refractivity contribution in [3.8, 4) is 50.7 Å². The van der Waals surface area contributed by atoms with Crippen LogP contribution in [0.1, 0.15) is 88.1 Å². The second-order valence-corrected chi connectivity index (χ2v) is 21.0. The van der Waals surface area contributed by atoms with Crippen molar-refractivity contribution in [1.29, 1.82) is 0 Å². The normalized spacial score (nSPS) is 12.6. The Morgan fingerprint density at radius 2 is 1.20 bits per heavy atom. The molecule has 74 heavy (non-hydrogen) atoms. The molecule has 5 nitrogen and oxygen atoms in total. The fraction of sp³-hybridized carbons (Fsp3) is 0.182. The minimum absolute atomic E-state index is 0. The predicted molar refractivity (Wildman–Crippen MR) is 297 cm³/mol. The number of halogens is 2. The van der Waals surface area contributed by atoms with E-state index in [1.807, 2.05) is 36.5 Å². The number of hydrogen-bond donors (Lipinski definition) is 0. The molecule has 0 fully saturated rings. The van der Waals surface area contributed by atoms with Crippen LogP contribution in [0.5, 0.6) is 11.5 Å². The van der Waals surface area contributed by atoms with Gasteiger partial charge in [-0.3, -0.25) is 0 Å². The van der Waals surface area contributed by atoms with Crippen LogP contribution in [0, 0.1) is 44.3 Å². The van der Waals surface area contributed by atoms with Crippen LogP contribution in [-0.2, 0) is 26.5 Å². The summed E-state index contributed by atoms with van der Waals surface area (Å²) in [5, 5.41) is 2.14. The molecule has 374 valence electrons. The first kappa shape index (κ1) is 50.2. The quantitative estimate of drug-likeness (QED) is 0.128. The van der Waals surface area contributed by atoms with Crippen molar-refractivity contribution in [3.63, 3.8) is 0 Å². The first-order chi connectivity index (χ1) is 35.1. The molecule has 0 radical (unpaired) electrons. The number of aromatic nitrogens is 2.